The van der Waals surface area contributed by atoms with Crippen molar-refractivity contribution in [2.45, 2.75) is 26.2 Å². The van der Waals surface area contributed by atoms with E-state index >= 15 is 0 Å². The first-order chi connectivity index (χ1) is 13.1. The van der Waals surface area contributed by atoms with Crippen LogP contribution < -0.4 is 15.8 Å². The van der Waals surface area contributed by atoms with E-state index in [9.17, 15) is 4.39 Å². The second-order valence-corrected chi connectivity index (χ2v) is 6.87. The lowest BCUT2D eigenvalue weighted by molar-refractivity contribution is -0.0404. The van der Waals surface area contributed by atoms with Gasteiger partial charge in [0.05, 0.1) is 19.5 Å². The van der Waals surface area contributed by atoms with E-state index in [-0.39, 0.29) is 25.5 Å². The summed E-state index contributed by atoms with van der Waals surface area (Å²) in [5.41, 5.74) is 6.83. The van der Waals surface area contributed by atoms with Crippen molar-refractivity contribution < 1.29 is 13.9 Å². The van der Waals surface area contributed by atoms with Crippen molar-refractivity contribution in [2.24, 2.45) is 10.8 Å². The highest BCUT2D eigenvalue weighted by atomic mass is 19.1. The van der Waals surface area contributed by atoms with E-state index in [1.54, 1.807) is 0 Å². The molecule has 7 nitrogen and oxygen atoms in total. The molecule has 0 aliphatic carbocycles. The van der Waals surface area contributed by atoms with Gasteiger partial charge in [-0.15, -0.1) is 0 Å². The molecule has 2 aliphatic rings. The zero-order chi connectivity index (χ0) is 19.2. The normalized spacial score (nSPS) is 21.4. The van der Waals surface area contributed by atoms with Gasteiger partial charge in [-0.2, -0.15) is 5.10 Å². The molecule has 3 rings (SSSR count). The molecule has 0 spiro atoms. The summed E-state index contributed by atoms with van der Waals surface area (Å²) in [5, 5.41) is 10.4. The van der Waals surface area contributed by atoms with Gasteiger partial charge in [0.15, 0.2) is 12.1 Å². The molecule has 2 aliphatic heterocycles. The van der Waals surface area contributed by atoms with Gasteiger partial charge >= 0.3 is 0 Å². The standard InChI is InChI=1S/C19H28FN5O2/c1-14(2)25-19(24-7-9-26-10-8-24)22-18(23-25)16-3-5-17(6-4-16)27-13-15(11-20)12-21/h3-6,11,14,19H,7-10,12-13,21H2,1-2H3,(H,22,23)/b15-11+. The van der Waals surface area contributed by atoms with Crippen LogP contribution in [0, 0.1) is 0 Å². The number of hydrogen-bond donors (Lipinski definition) is 2. The Morgan fingerprint density at radius 2 is 2.07 bits per heavy atom. The second-order valence-electron chi connectivity index (χ2n) is 6.87. The van der Waals surface area contributed by atoms with Gasteiger partial charge in [0.2, 0.25) is 0 Å². The summed E-state index contributed by atoms with van der Waals surface area (Å²) in [5.74, 6) is 1.49. The second kappa shape index (κ2) is 9.16. The predicted molar refractivity (Wildman–Crippen MR) is 103 cm³/mol. The highest BCUT2D eigenvalue weighted by Gasteiger charge is 2.33. The van der Waals surface area contributed by atoms with Crippen molar-refractivity contribution >= 4 is 5.84 Å². The van der Waals surface area contributed by atoms with Gasteiger partial charge in [-0.3, -0.25) is 9.91 Å². The van der Waals surface area contributed by atoms with Crippen LogP contribution >= 0.6 is 0 Å². The maximum Gasteiger partial charge on any atom is 0.175 e. The quantitative estimate of drug-likeness (QED) is 0.750. The van der Waals surface area contributed by atoms with Gasteiger partial charge in [0.25, 0.3) is 0 Å². The third-order valence-electron chi connectivity index (χ3n) is 4.62. The number of halogens is 1. The number of nitrogens with one attached hydrogen (secondary N) is 1. The van der Waals surface area contributed by atoms with Crippen LogP contribution in [0.2, 0.25) is 0 Å². The van der Waals surface area contributed by atoms with Crippen LogP contribution in [0.25, 0.3) is 0 Å². The molecule has 0 amide bonds. The summed E-state index contributed by atoms with van der Waals surface area (Å²) >= 11 is 0. The molecule has 2 heterocycles. The number of morpholine rings is 1. The number of nitrogens with zero attached hydrogens (tertiary/aromatic N) is 3. The molecule has 0 radical (unpaired) electrons. The third-order valence-corrected chi connectivity index (χ3v) is 4.62. The highest BCUT2D eigenvalue weighted by molar-refractivity contribution is 5.99. The van der Waals surface area contributed by atoms with Crippen molar-refractivity contribution in [3.63, 3.8) is 0 Å². The maximum atomic E-state index is 12.6. The number of nitrogens with two attached hydrogens (primary N) is 1. The number of benzene rings is 1. The van der Waals surface area contributed by atoms with Crippen LogP contribution in [0.3, 0.4) is 0 Å². The first-order valence-electron chi connectivity index (χ1n) is 9.29. The molecule has 1 aromatic rings. The molecule has 1 aromatic carbocycles. The van der Waals surface area contributed by atoms with E-state index in [0.717, 1.165) is 37.7 Å². The molecular formula is C19H28FN5O2. The summed E-state index contributed by atoms with van der Waals surface area (Å²) < 4.78 is 23.6. The molecule has 1 unspecified atom stereocenters. The lowest BCUT2D eigenvalue weighted by atomic mass is 10.2. The monoisotopic (exact) mass is 377 g/mol. The fraction of sp³-hybridized carbons (Fsp3) is 0.526. The number of hydrazone groups is 1. The van der Waals surface area contributed by atoms with Gasteiger partial charge in [-0.25, -0.2) is 4.39 Å². The lowest BCUT2D eigenvalue weighted by Crippen LogP contribution is -2.56. The predicted octanol–water partition coefficient (Wildman–Crippen LogP) is 1.47. The minimum Gasteiger partial charge on any atom is -0.489 e. The minimum atomic E-state index is 0.0293. The van der Waals surface area contributed by atoms with Crippen molar-refractivity contribution in [3.8, 4) is 5.75 Å². The Kier molecular flexibility index (Phi) is 6.65. The Morgan fingerprint density at radius 1 is 1.37 bits per heavy atom. The summed E-state index contributed by atoms with van der Waals surface area (Å²) in [4.78, 5) is 2.34. The summed E-state index contributed by atoms with van der Waals surface area (Å²) in [6.07, 6.45) is 0.527. The Labute approximate surface area is 159 Å². The molecule has 0 bridgehead atoms. The summed E-state index contributed by atoms with van der Waals surface area (Å²) in [6, 6.07) is 7.87. The zero-order valence-corrected chi connectivity index (χ0v) is 15.9. The Hall–Kier alpha value is -2.16. The fourth-order valence-electron chi connectivity index (χ4n) is 3.03. The molecule has 3 N–H and O–H groups in total. The Balaban J connectivity index is 1.67. The SMILES string of the molecule is CC(C)N1N=C(c2ccc(OC/C(=C/F)CN)cc2)NC1N1CCOCC1. The molecule has 1 saturated heterocycles. The minimum absolute atomic E-state index is 0.0293. The molecular weight excluding hydrogens is 349 g/mol. The van der Waals surface area contributed by atoms with Crippen molar-refractivity contribution in [1.82, 2.24) is 15.2 Å². The van der Waals surface area contributed by atoms with Crippen LogP contribution in [0.5, 0.6) is 5.75 Å². The van der Waals surface area contributed by atoms with Gasteiger partial charge in [-0.05, 0) is 38.1 Å². The number of hydrogen-bond acceptors (Lipinski definition) is 7. The van der Waals surface area contributed by atoms with Gasteiger partial charge in [0, 0.05) is 36.8 Å². The molecule has 1 fully saturated rings. The molecule has 1 atom stereocenters. The van der Waals surface area contributed by atoms with Crippen LogP contribution in [0.15, 0.2) is 41.3 Å². The van der Waals surface area contributed by atoms with E-state index in [2.05, 4.69) is 29.1 Å². The van der Waals surface area contributed by atoms with E-state index in [4.69, 9.17) is 20.3 Å². The van der Waals surface area contributed by atoms with E-state index in [1.165, 1.54) is 0 Å². The van der Waals surface area contributed by atoms with Crippen LogP contribution in [0.1, 0.15) is 19.4 Å². The van der Waals surface area contributed by atoms with E-state index in [1.807, 2.05) is 24.3 Å². The van der Waals surface area contributed by atoms with Crippen molar-refractivity contribution in [1.29, 1.82) is 0 Å². The smallest absolute Gasteiger partial charge is 0.175 e. The summed E-state index contributed by atoms with van der Waals surface area (Å²) in [7, 11) is 0. The zero-order valence-electron chi connectivity index (χ0n) is 15.9. The van der Waals surface area contributed by atoms with E-state index in [0.29, 0.717) is 17.7 Å². The van der Waals surface area contributed by atoms with E-state index < -0.39 is 0 Å². The van der Waals surface area contributed by atoms with Gasteiger partial charge < -0.3 is 20.5 Å². The molecule has 8 heteroatoms. The average Bonchev–Trinajstić information content (AvgIpc) is 3.16. The van der Waals surface area contributed by atoms with Crippen LogP contribution in [-0.4, -0.2) is 67.5 Å². The van der Waals surface area contributed by atoms with Crippen molar-refractivity contribution in [3.05, 3.63) is 41.7 Å². The number of rotatable bonds is 7. The molecule has 148 valence electrons. The average molecular weight is 377 g/mol. The van der Waals surface area contributed by atoms with Gasteiger partial charge in [-0.1, -0.05) is 0 Å². The molecule has 0 aromatic heterocycles. The first-order valence-corrected chi connectivity index (χ1v) is 9.29. The third kappa shape index (κ3) is 4.77. The number of amidine groups is 1. The van der Waals surface area contributed by atoms with Crippen LogP contribution in [-0.2, 0) is 4.74 Å². The molecule has 27 heavy (non-hydrogen) atoms. The Bertz CT molecular complexity index is 671. The first kappa shape index (κ1) is 19.6. The summed E-state index contributed by atoms with van der Waals surface area (Å²) in [6.45, 7) is 7.78. The van der Waals surface area contributed by atoms with Crippen molar-refractivity contribution in [2.75, 3.05) is 39.5 Å². The fourth-order valence-corrected chi connectivity index (χ4v) is 3.03. The molecule has 0 saturated carbocycles. The topological polar surface area (TPSA) is 75.3 Å². The highest BCUT2D eigenvalue weighted by Crippen LogP contribution is 2.20. The van der Waals surface area contributed by atoms with Gasteiger partial charge in [0.1, 0.15) is 12.4 Å². The number of ether oxygens (including phenoxy) is 2. The van der Waals surface area contributed by atoms with Crippen LogP contribution in [0.4, 0.5) is 4.39 Å². The Morgan fingerprint density at radius 3 is 2.67 bits per heavy atom. The largest absolute Gasteiger partial charge is 0.489 e. The lowest BCUT2D eigenvalue weighted by Gasteiger charge is -2.37. The maximum absolute atomic E-state index is 12.6.